The lowest BCUT2D eigenvalue weighted by Gasteiger charge is -2.23. The van der Waals surface area contributed by atoms with Gasteiger partial charge in [0.15, 0.2) is 0 Å². The number of hydrogen-bond donors (Lipinski definition) is 1. The Balaban J connectivity index is 2.08. The van der Waals surface area contributed by atoms with E-state index in [9.17, 15) is 0 Å². The standard InChI is InChI=1S/C11H14N4O/c1-8-6-10(7-12)15-11(13-8)14-9-2-4-16-5-3-9/h6,9H,2-5H2,1H3,(H,13,14,15). The van der Waals surface area contributed by atoms with Gasteiger partial charge >= 0.3 is 0 Å². The van der Waals surface area contributed by atoms with E-state index in [2.05, 4.69) is 15.3 Å². The number of nitrogens with one attached hydrogen (secondary N) is 1. The van der Waals surface area contributed by atoms with Crippen molar-refractivity contribution >= 4 is 5.95 Å². The smallest absolute Gasteiger partial charge is 0.224 e. The number of aryl methyl sites for hydroxylation is 1. The predicted molar refractivity (Wildman–Crippen MR) is 58.9 cm³/mol. The summed E-state index contributed by atoms with van der Waals surface area (Å²) in [6.45, 7) is 3.40. The summed E-state index contributed by atoms with van der Waals surface area (Å²) in [4.78, 5) is 8.38. The second-order valence-corrected chi connectivity index (χ2v) is 3.86. The molecule has 0 unspecified atom stereocenters. The third-order valence-electron chi connectivity index (χ3n) is 2.52. The Labute approximate surface area is 94.5 Å². The molecule has 1 aliphatic rings. The summed E-state index contributed by atoms with van der Waals surface area (Å²) in [5, 5.41) is 12.0. The molecule has 0 radical (unpaired) electrons. The molecule has 1 aromatic rings. The molecule has 1 aliphatic heterocycles. The van der Waals surface area contributed by atoms with E-state index in [1.54, 1.807) is 6.07 Å². The molecule has 2 heterocycles. The fourth-order valence-corrected chi connectivity index (χ4v) is 1.71. The largest absolute Gasteiger partial charge is 0.381 e. The van der Waals surface area contributed by atoms with E-state index in [1.807, 2.05) is 13.0 Å². The van der Waals surface area contributed by atoms with Crippen LogP contribution in [0.3, 0.4) is 0 Å². The first-order chi connectivity index (χ1) is 7.78. The predicted octanol–water partition coefficient (Wildman–Crippen LogP) is 1.25. The summed E-state index contributed by atoms with van der Waals surface area (Å²) in [7, 11) is 0. The molecule has 0 bridgehead atoms. The molecule has 0 atom stereocenters. The lowest BCUT2D eigenvalue weighted by atomic mass is 10.1. The summed E-state index contributed by atoms with van der Waals surface area (Å²) < 4.78 is 5.27. The van der Waals surface area contributed by atoms with E-state index < -0.39 is 0 Å². The molecule has 16 heavy (non-hydrogen) atoms. The zero-order chi connectivity index (χ0) is 11.4. The summed E-state index contributed by atoms with van der Waals surface area (Å²) in [6, 6.07) is 4.05. The molecule has 0 saturated carbocycles. The van der Waals surface area contributed by atoms with Crippen LogP contribution in [-0.4, -0.2) is 29.2 Å². The highest BCUT2D eigenvalue weighted by Crippen LogP contribution is 2.12. The minimum absolute atomic E-state index is 0.349. The van der Waals surface area contributed by atoms with Gasteiger partial charge in [-0.05, 0) is 25.8 Å². The van der Waals surface area contributed by atoms with Crippen LogP contribution in [0.25, 0.3) is 0 Å². The van der Waals surface area contributed by atoms with Gasteiger partial charge < -0.3 is 10.1 Å². The summed E-state index contributed by atoms with van der Waals surface area (Å²) in [5.74, 6) is 0.545. The maximum absolute atomic E-state index is 8.80. The zero-order valence-electron chi connectivity index (χ0n) is 9.23. The Morgan fingerprint density at radius 1 is 1.44 bits per heavy atom. The van der Waals surface area contributed by atoms with Gasteiger partial charge in [0.05, 0.1) is 0 Å². The van der Waals surface area contributed by atoms with Gasteiger partial charge in [0, 0.05) is 24.9 Å². The Kier molecular flexibility index (Phi) is 3.32. The Hall–Kier alpha value is -1.67. The zero-order valence-corrected chi connectivity index (χ0v) is 9.23. The highest BCUT2D eigenvalue weighted by Gasteiger charge is 2.14. The minimum Gasteiger partial charge on any atom is -0.381 e. The molecule has 1 saturated heterocycles. The Bertz CT molecular complexity index is 407. The van der Waals surface area contributed by atoms with Gasteiger partial charge in [-0.3, -0.25) is 0 Å². The first kappa shape index (κ1) is 10.8. The van der Waals surface area contributed by atoms with E-state index in [0.29, 0.717) is 17.7 Å². The van der Waals surface area contributed by atoms with Crippen molar-refractivity contribution in [2.24, 2.45) is 0 Å². The van der Waals surface area contributed by atoms with Crippen LogP contribution in [0.4, 0.5) is 5.95 Å². The van der Waals surface area contributed by atoms with Crippen LogP contribution in [0.1, 0.15) is 24.2 Å². The molecule has 0 aromatic carbocycles. The van der Waals surface area contributed by atoms with Crippen molar-refractivity contribution in [3.05, 3.63) is 17.5 Å². The van der Waals surface area contributed by atoms with Crippen LogP contribution in [0.15, 0.2) is 6.07 Å². The maximum Gasteiger partial charge on any atom is 0.224 e. The normalized spacial score (nSPS) is 16.8. The fourth-order valence-electron chi connectivity index (χ4n) is 1.71. The fraction of sp³-hybridized carbons (Fsp3) is 0.545. The number of nitriles is 1. The molecule has 1 fully saturated rings. The van der Waals surface area contributed by atoms with Gasteiger partial charge in [-0.25, -0.2) is 9.97 Å². The topological polar surface area (TPSA) is 70.8 Å². The highest BCUT2D eigenvalue weighted by atomic mass is 16.5. The number of hydrogen-bond acceptors (Lipinski definition) is 5. The van der Waals surface area contributed by atoms with Gasteiger partial charge in [-0.15, -0.1) is 0 Å². The number of nitrogens with zero attached hydrogens (tertiary/aromatic N) is 3. The van der Waals surface area contributed by atoms with E-state index >= 15 is 0 Å². The molecule has 1 aromatic heterocycles. The Morgan fingerprint density at radius 2 is 2.19 bits per heavy atom. The SMILES string of the molecule is Cc1cc(C#N)nc(NC2CCOCC2)n1. The lowest BCUT2D eigenvalue weighted by Crippen LogP contribution is -2.28. The highest BCUT2D eigenvalue weighted by molar-refractivity contribution is 5.33. The summed E-state index contributed by atoms with van der Waals surface area (Å²) in [5.41, 5.74) is 1.21. The third-order valence-corrected chi connectivity index (χ3v) is 2.52. The molecular formula is C11H14N4O. The van der Waals surface area contributed by atoms with Crippen LogP contribution >= 0.6 is 0 Å². The number of rotatable bonds is 2. The van der Waals surface area contributed by atoms with Crippen LogP contribution in [0.2, 0.25) is 0 Å². The first-order valence-electron chi connectivity index (χ1n) is 5.38. The molecule has 2 rings (SSSR count). The average molecular weight is 218 g/mol. The Morgan fingerprint density at radius 3 is 2.88 bits per heavy atom. The van der Waals surface area contributed by atoms with E-state index in [1.165, 1.54) is 0 Å². The van der Waals surface area contributed by atoms with Crippen LogP contribution < -0.4 is 5.32 Å². The van der Waals surface area contributed by atoms with Crippen molar-refractivity contribution in [2.75, 3.05) is 18.5 Å². The quantitative estimate of drug-likeness (QED) is 0.808. The number of aromatic nitrogens is 2. The summed E-state index contributed by atoms with van der Waals surface area (Å²) >= 11 is 0. The maximum atomic E-state index is 8.80. The van der Waals surface area contributed by atoms with Crippen LogP contribution in [-0.2, 0) is 4.74 Å². The van der Waals surface area contributed by atoms with Crippen molar-refractivity contribution < 1.29 is 4.74 Å². The van der Waals surface area contributed by atoms with Gasteiger partial charge in [0.1, 0.15) is 11.8 Å². The van der Waals surface area contributed by atoms with Crippen LogP contribution in [0, 0.1) is 18.3 Å². The molecule has 0 amide bonds. The van der Waals surface area contributed by atoms with Gasteiger partial charge in [0.2, 0.25) is 5.95 Å². The lowest BCUT2D eigenvalue weighted by molar-refractivity contribution is 0.0903. The van der Waals surface area contributed by atoms with Gasteiger partial charge in [-0.1, -0.05) is 0 Å². The molecular weight excluding hydrogens is 204 g/mol. The van der Waals surface area contributed by atoms with Crippen molar-refractivity contribution in [1.82, 2.24) is 9.97 Å². The first-order valence-corrected chi connectivity index (χ1v) is 5.38. The minimum atomic E-state index is 0.349. The van der Waals surface area contributed by atoms with Gasteiger partial charge in [-0.2, -0.15) is 5.26 Å². The monoisotopic (exact) mass is 218 g/mol. The second-order valence-electron chi connectivity index (χ2n) is 3.86. The van der Waals surface area contributed by atoms with E-state index in [-0.39, 0.29) is 0 Å². The molecule has 5 nitrogen and oxygen atoms in total. The number of anilines is 1. The molecule has 84 valence electrons. The van der Waals surface area contributed by atoms with Crippen molar-refractivity contribution in [3.63, 3.8) is 0 Å². The second kappa shape index (κ2) is 4.90. The summed E-state index contributed by atoms with van der Waals surface area (Å²) in [6.07, 6.45) is 1.92. The van der Waals surface area contributed by atoms with Crippen molar-refractivity contribution in [1.29, 1.82) is 5.26 Å². The third kappa shape index (κ3) is 2.67. The van der Waals surface area contributed by atoms with E-state index in [4.69, 9.17) is 10.00 Å². The molecule has 1 N–H and O–H groups in total. The molecule has 0 aliphatic carbocycles. The van der Waals surface area contributed by atoms with Crippen molar-refractivity contribution in [3.8, 4) is 6.07 Å². The van der Waals surface area contributed by atoms with Crippen molar-refractivity contribution in [2.45, 2.75) is 25.8 Å². The van der Waals surface area contributed by atoms with E-state index in [0.717, 1.165) is 31.7 Å². The van der Waals surface area contributed by atoms with Gasteiger partial charge in [0.25, 0.3) is 0 Å². The average Bonchev–Trinajstić information content (AvgIpc) is 2.29. The molecule has 0 spiro atoms. The van der Waals surface area contributed by atoms with Crippen LogP contribution in [0.5, 0.6) is 0 Å². The number of ether oxygens (including phenoxy) is 1. The molecule has 5 heteroatoms.